The molecule has 1 unspecified atom stereocenters. The lowest BCUT2D eigenvalue weighted by molar-refractivity contribution is -0.131. The van der Waals surface area contributed by atoms with Gasteiger partial charge < -0.3 is 0 Å². The molecule has 0 spiro atoms. The first-order valence-electron chi connectivity index (χ1n) is 3.61. The Balaban J connectivity index is 2.35. The Bertz CT molecular complexity index is 306. The molecule has 0 aromatic heterocycles. The number of fused-ring (bicyclic) bond motifs is 1. The fourth-order valence-electron chi connectivity index (χ4n) is 1.22. The molecule has 0 aliphatic carbocycles. The number of nitrogens with one attached hydrogen (secondary N) is 2. The third-order valence-corrected chi connectivity index (χ3v) is 1.80. The molecule has 0 radical (unpaired) electrons. The molecule has 5 nitrogen and oxygen atoms in total. The average molecular weight is 165 g/mol. The van der Waals surface area contributed by atoms with E-state index in [0.717, 1.165) is 0 Å². The molecular formula is C7H7N3O2. The third kappa shape index (κ3) is 0.903. The van der Waals surface area contributed by atoms with E-state index in [-0.39, 0.29) is 11.8 Å². The molecule has 1 saturated heterocycles. The van der Waals surface area contributed by atoms with Gasteiger partial charge in [0.2, 0.25) is 0 Å². The highest BCUT2D eigenvalue weighted by molar-refractivity contribution is 6.07. The van der Waals surface area contributed by atoms with Crippen LogP contribution in [0.2, 0.25) is 0 Å². The Kier molecular flexibility index (Phi) is 1.43. The number of hydrogen-bond donors (Lipinski definition) is 2. The van der Waals surface area contributed by atoms with Crippen LogP contribution in [0.5, 0.6) is 0 Å². The summed E-state index contributed by atoms with van der Waals surface area (Å²) in [6.45, 7) is 0. The van der Waals surface area contributed by atoms with Crippen LogP contribution in [0.25, 0.3) is 0 Å². The van der Waals surface area contributed by atoms with Gasteiger partial charge in [-0.05, 0) is 0 Å². The van der Waals surface area contributed by atoms with Crippen molar-refractivity contribution in [2.24, 2.45) is 4.99 Å². The van der Waals surface area contributed by atoms with Gasteiger partial charge in [-0.25, -0.2) is 0 Å². The zero-order valence-corrected chi connectivity index (χ0v) is 6.20. The number of amides is 2. The van der Waals surface area contributed by atoms with Crippen molar-refractivity contribution in [3.8, 4) is 0 Å². The fourth-order valence-corrected chi connectivity index (χ4v) is 1.22. The molecule has 1 fully saturated rings. The number of hydrazine groups is 1. The second kappa shape index (κ2) is 2.44. The van der Waals surface area contributed by atoms with Crippen LogP contribution in [0.15, 0.2) is 16.6 Å². The number of hydrogen-bond acceptors (Lipinski definition) is 3. The zero-order valence-electron chi connectivity index (χ0n) is 6.20. The standard InChI is InChI=1S/C7H7N3O2/c11-6-4-2-1-3-8-5(4)7(12)10-9-6/h2-3,5H,1H2,(H,9,11)(H,10,12). The first kappa shape index (κ1) is 7.02. The lowest BCUT2D eigenvalue weighted by Gasteiger charge is -2.23. The first-order chi connectivity index (χ1) is 5.79. The van der Waals surface area contributed by atoms with Crippen molar-refractivity contribution < 1.29 is 9.59 Å². The minimum absolute atomic E-state index is 0.267. The largest absolute Gasteiger partial charge is 0.279 e. The summed E-state index contributed by atoms with van der Waals surface area (Å²) in [6.07, 6.45) is 3.96. The highest BCUT2D eigenvalue weighted by atomic mass is 16.2. The number of rotatable bonds is 0. The van der Waals surface area contributed by atoms with Crippen LogP contribution >= 0.6 is 0 Å². The molecule has 2 N–H and O–H groups in total. The Hall–Kier alpha value is -1.65. The molecule has 0 aromatic rings. The number of carbonyl (C=O) groups is 2. The van der Waals surface area contributed by atoms with Crippen molar-refractivity contribution in [1.29, 1.82) is 0 Å². The van der Waals surface area contributed by atoms with Gasteiger partial charge in [-0.3, -0.25) is 25.4 Å². The molecule has 0 bridgehead atoms. The van der Waals surface area contributed by atoms with Crippen LogP contribution in [0.1, 0.15) is 6.42 Å². The van der Waals surface area contributed by atoms with Crippen LogP contribution < -0.4 is 10.9 Å². The van der Waals surface area contributed by atoms with E-state index in [9.17, 15) is 9.59 Å². The molecule has 5 heteroatoms. The minimum Gasteiger partial charge on any atom is -0.279 e. The third-order valence-electron chi connectivity index (χ3n) is 1.80. The Morgan fingerprint density at radius 3 is 3.00 bits per heavy atom. The van der Waals surface area contributed by atoms with Crippen molar-refractivity contribution in [1.82, 2.24) is 10.9 Å². The highest BCUT2D eigenvalue weighted by Gasteiger charge is 2.32. The van der Waals surface area contributed by atoms with E-state index in [0.29, 0.717) is 12.0 Å². The van der Waals surface area contributed by atoms with Crippen molar-refractivity contribution in [2.45, 2.75) is 12.5 Å². The highest BCUT2D eigenvalue weighted by Crippen LogP contribution is 2.14. The number of nitrogens with zero attached hydrogens (tertiary/aromatic N) is 1. The normalized spacial score (nSPS) is 27.0. The second-order valence-corrected chi connectivity index (χ2v) is 2.57. The quantitative estimate of drug-likeness (QED) is 0.479. The molecule has 2 heterocycles. The van der Waals surface area contributed by atoms with Gasteiger partial charge >= 0.3 is 0 Å². The summed E-state index contributed by atoms with van der Waals surface area (Å²) in [7, 11) is 0. The molecule has 0 aromatic carbocycles. The van der Waals surface area contributed by atoms with Crippen LogP contribution in [-0.4, -0.2) is 24.1 Å². The van der Waals surface area contributed by atoms with Crippen LogP contribution in [0, 0.1) is 0 Å². The van der Waals surface area contributed by atoms with Crippen molar-refractivity contribution in [3.05, 3.63) is 11.6 Å². The number of carbonyl (C=O) groups excluding carboxylic acids is 2. The summed E-state index contributed by atoms with van der Waals surface area (Å²) in [6, 6.07) is -0.632. The maximum absolute atomic E-state index is 11.1. The predicted octanol–water partition coefficient (Wildman–Crippen LogP) is -1.08. The SMILES string of the molecule is O=C1NNC(=O)C2N=CCC=C12. The topological polar surface area (TPSA) is 70.6 Å². The Morgan fingerprint density at radius 2 is 2.25 bits per heavy atom. The number of allylic oxidation sites excluding steroid dienone is 1. The van der Waals surface area contributed by atoms with Crippen molar-refractivity contribution in [2.75, 3.05) is 0 Å². The van der Waals surface area contributed by atoms with Gasteiger partial charge in [-0.2, -0.15) is 0 Å². The van der Waals surface area contributed by atoms with E-state index >= 15 is 0 Å². The summed E-state index contributed by atoms with van der Waals surface area (Å²) in [4.78, 5) is 26.1. The van der Waals surface area contributed by atoms with Gasteiger partial charge in [0.25, 0.3) is 11.8 Å². The fraction of sp³-hybridized carbons (Fsp3) is 0.286. The van der Waals surface area contributed by atoms with Crippen LogP contribution in [0.4, 0.5) is 0 Å². The molecule has 2 amide bonds. The monoisotopic (exact) mass is 165 g/mol. The molecule has 2 rings (SSSR count). The van der Waals surface area contributed by atoms with Crippen LogP contribution in [0.3, 0.4) is 0 Å². The predicted molar refractivity (Wildman–Crippen MR) is 41.3 cm³/mol. The maximum atomic E-state index is 11.1. The lowest BCUT2D eigenvalue weighted by atomic mass is 10.0. The molecular weight excluding hydrogens is 158 g/mol. The maximum Gasteiger partial charge on any atom is 0.268 e. The van der Waals surface area contributed by atoms with Crippen molar-refractivity contribution >= 4 is 18.0 Å². The molecule has 0 saturated carbocycles. The van der Waals surface area contributed by atoms with E-state index in [4.69, 9.17) is 0 Å². The molecule has 2 aliphatic heterocycles. The average Bonchev–Trinajstić information content (AvgIpc) is 2.12. The van der Waals surface area contributed by atoms with Gasteiger partial charge in [0.15, 0.2) is 6.04 Å². The summed E-state index contributed by atoms with van der Waals surface area (Å²) < 4.78 is 0. The zero-order chi connectivity index (χ0) is 8.55. The smallest absolute Gasteiger partial charge is 0.268 e. The summed E-state index contributed by atoms with van der Waals surface area (Å²) in [5.74, 6) is -0.548. The van der Waals surface area contributed by atoms with Crippen molar-refractivity contribution in [3.63, 3.8) is 0 Å². The Labute approximate surface area is 68.5 Å². The molecule has 1 atom stereocenters. The first-order valence-corrected chi connectivity index (χ1v) is 3.61. The van der Waals surface area contributed by atoms with Gasteiger partial charge in [-0.15, -0.1) is 0 Å². The van der Waals surface area contributed by atoms with E-state index in [1.54, 1.807) is 12.3 Å². The summed E-state index contributed by atoms with van der Waals surface area (Å²) in [5.41, 5.74) is 4.93. The van der Waals surface area contributed by atoms with Gasteiger partial charge in [0.05, 0.1) is 0 Å². The van der Waals surface area contributed by atoms with E-state index < -0.39 is 6.04 Å². The molecule has 12 heavy (non-hydrogen) atoms. The summed E-state index contributed by atoms with van der Waals surface area (Å²) in [5, 5.41) is 0. The molecule has 2 aliphatic rings. The second-order valence-electron chi connectivity index (χ2n) is 2.57. The van der Waals surface area contributed by atoms with E-state index in [2.05, 4.69) is 15.8 Å². The van der Waals surface area contributed by atoms with Gasteiger partial charge in [0, 0.05) is 18.2 Å². The number of aliphatic imine (C=N–C) groups is 1. The Morgan fingerprint density at radius 1 is 1.42 bits per heavy atom. The number of dihydropyridines is 1. The van der Waals surface area contributed by atoms with E-state index in [1.165, 1.54) is 0 Å². The summed E-state index contributed by atoms with van der Waals surface area (Å²) >= 11 is 0. The van der Waals surface area contributed by atoms with Crippen LogP contribution in [-0.2, 0) is 9.59 Å². The van der Waals surface area contributed by atoms with E-state index in [1.807, 2.05) is 0 Å². The minimum atomic E-state index is -0.632. The molecule has 62 valence electrons. The van der Waals surface area contributed by atoms with Gasteiger partial charge in [-0.1, -0.05) is 6.08 Å². The lowest BCUT2D eigenvalue weighted by Crippen LogP contribution is -2.54. The van der Waals surface area contributed by atoms with Gasteiger partial charge in [0.1, 0.15) is 0 Å².